The van der Waals surface area contributed by atoms with E-state index in [1.165, 1.54) is 7.05 Å². The first kappa shape index (κ1) is 15.3. The second-order valence-corrected chi connectivity index (χ2v) is 6.95. The molecule has 0 radical (unpaired) electrons. The zero-order valence-corrected chi connectivity index (χ0v) is 12.2. The van der Waals surface area contributed by atoms with Gasteiger partial charge < -0.3 is 5.32 Å². The lowest BCUT2D eigenvalue weighted by atomic mass is 9.83. The van der Waals surface area contributed by atoms with Crippen LogP contribution in [-0.2, 0) is 16.6 Å². The van der Waals surface area contributed by atoms with Gasteiger partial charge in [0.2, 0.25) is 10.0 Å². The first-order valence-electron chi connectivity index (χ1n) is 6.49. The van der Waals surface area contributed by atoms with Gasteiger partial charge in [-0.2, -0.15) is 0 Å². The van der Waals surface area contributed by atoms with Crippen LogP contribution in [0.3, 0.4) is 0 Å². The van der Waals surface area contributed by atoms with Gasteiger partial charge in [-0.3, -0.25) is 0 Å². The Balaban J connectivity index is 2.29. The lowest BCUT2D eigenvalue weighted by molar-refractivity contribution is 0.270. The molecule has 1 fully saturated rings. The number of sulfonamides is 1. The predicted molar refractivity (Wildman–Crippen MR) is 71.6 cm³/mol. The highest BCUT2D eigenvalue weighted by Gasteiger charge is 2.31. The Morgan fingerprint density at radius 1 is 1.30 bits per heavy atom. The van der Waals surface area contributed by atoms with Gasteiger partial charge >= 0.3 is 0 Å². The first-order chi connectivity index (χ1) is 9.35. The highest BCUT2D eigenvalue weighted by Crippen LogP contribution is 2.29. The summed E-state index contributed by atoms with van der Waals surface area (Å²) in [7, 11) is -2.42. The maximum atomic E-state index is 14.2. The van der Waals surface area contributed by atoms with E-state index in [0.29, 0.717) is 5.92 Å². The van der Waals surface area contributed by atoms with Gasteiger partial charge in [-0.25, -0.2) is 21.9 Å². The summed E-state index contributed by atoms with van der Waals surface area (Å²) in [5.41, 5.74) is -0.266. The largest absolute Gasteiger partial charge is 0.315 e. The Bertz CT molecular complexity index is 599. The Hall–Kier alpha value is -1.05. The Kier molecular flexibility index (Phi) is 4.41. The summed E-state index contributed by atoms with van der Waals surface area (Å²) in [6.45, 7) is 1.95. The fraction of sp³-hybridized carbons (Fsp3) is 0.538. The summed E-state index contributed by atoms with van der Waals surface area (Å²) in [5, 5.41) is 2.62. The molecule has 0 unspecified atom stereocenters. The highest BCUT2D eigenvalue weighted by atomic mass is 32.2. The number of hydrogen-bond acceptors (Lipinski definition) is 3. The molecule has 1 aromatic rings. The molecular formula is C13H18F2N2O2S. The van der Waals surface area contributed by atoms with Crippen molar-refractivity contribution in [2.45, 2.75) is 37.2 Å². The lowest BCUT2D eigenvalue weighted by Gasteiger charge is -2.32. The van der Waals surface area contributed by atoms with E-state index in [9.17, 15) is 17.2 Å². The van der Waals surface area contributed by atoms with Gasteiger partial charge in [-0.1, -0.05) is 6.92 Å². The molecule has 0 spiro atoms. The summed E-state index contributed by atoms with van der Waals surface area (Å²) >= 11 is 0. The molecule has 0 aliphatic heterocycles. The number of rotatable bonds is 5. The van der Waals surface area contributed by atoms with E-state index in [-0.39, 0.29) is 18.2 Å². The Morgan fingerprint density at radius 3 is 2.50 bits per heavy atom. The van der Waals surface area contributed by atoms with Crippen molar-refractivity contribution in [3.8, 4) is 0 Å². The van der Waals surface area contributed by atoms with Crippen LogP contribution in [-0.4, -0.2) is 21.5 Å². The lowest BCUT2D eigenvalue weighted by Crippen LogP contribution is -2.43. The molecule has 1 aliphatic rings. The molecule has 0 atom stereocenters. The van der Waals surface area contributed by atoms with Gasteiger partial charge in [0.05, 0.1) is 0 Å². The van der Waals surface area contributed by atoms with E-state index in [1.807, 2.05) is 6.92 Å². The maximum absolute atomic E-state index is 14.2. The first-order valence-corrected chi connectivity index (χ1v) is 7.97. The summed E-state index contributed by atoms with van der Waals surface area (Å²) in [4.78, 5) is -0.497. The van der Waals surface area contributed by atoms with Crippen LogP contribution in [0.4, 0.5) is 8.78 Å². The van der Waals surface area contributed by atoms with Crippen LogP contribution >= 0.6 is 0 Å². The van der Waals surface area contributed by atoms with Gasteiger partial charge in [-0.15, -0.1) is 0 Å². The van der Waals surface area contributed by atoms with Crippen molar-refractivity contribution in [3.05, 3.63) is 29.3 Å². The molecule has 1 saturated carbocycles. The topological polar surface area (TPSA) is 58.2 Å². The molecule has 0 saturated heterocycles. The number of hydrogen-bond donors (Lipinski definition) is 2. The van der Waals surface area contributed by atoms with Crippen molar-refractivity contribution in [2.24, 2.45) is 5.92 Å². The maximum Gasteiger partial charge on any atom is 0.243 e. The third-order valence-corrected chi connectivity index (χ3v) is 5.03. The van der Waals surface area contributed by atoms with Crippen molar-refractivity contribution in [3.63, 3.8) is 0 Å². The van der Waals surface area contributed by atoms with E-state index in [0.717, 1.165) is 25.0 Å². The Labute approximate surface area is 117 Å². The second kappa shape index (κ2) is 5.75. The molecule has 2 rings (SSSR count). The highest BCUT2D eigenvalue weighted by molar-refractivity contribution is 7.89. The smallest absolute Gasteiger partial charge is 0.243 e. The van der Waals surface area contributed by atoms with Crippen LogP contribution in [0.15, 0.2) is 17.0 Å². The van der Waals surface area contributed by atoms with Crippen molar-refractivity contribution < 1.29 is 17.2 Å². The van der Waals surface area contributed by atoms with Gasteiger partial charge in [0.15, 0.2) is 5.82 Å². The van der Waals surface area contributed by atoms with Crippen LogP contribution in [0.5, 0.6) is 0 Å². The van der Waals surface area contributed by atoms with E-state index < -0.39 is 26.6 Å². The van der Waals surface area contributed by atoms with E-state index in [4.69, 9.17) is 0 Å². The third-order valence-electron chi connectivity index (χ3n) is 3.49. The fourth-order valence-corrected chi connectivity index (χ4v) is 3.77. The molecule has 0 aromatic heterocycles. The average Bonchev–Trinajstić information content (AvgIpc) is 2.32. The molecule has 1 aliphatic carbocycles. The molecule has 20 heavy (non-hydrogen) atoms. The molecule has 4 nitrogen and oxygen atoms in total. The van der Waals surface area contributed by atoms with Gasteiger partial charge in [0.1, 0.15) is 10.7 Å². The van der Waals surface area contributed by atoms with E-state index in [1.54, 1.807) is 0 Å². The molecule has 0 amide bonds. The van der Waals surface area contributed by atoms with Crippen LogP contribution < -0.4 is 10.0 Å². The van der Waals surface area contributed by atoms with Crippen LogP contribution in [0, 0.1) is 17.6 Å². The van der Waals surface area contributed by atoms with Crippen molar-refractivity contribution in [2.75, 3.05) is 7.05 Å². The molecular weight excluding hydrogens is 286 g/mol. The standard InChI is InChI=1S/C13H18F2N2O2S/c1-8-5-9(6-8)17-20(18,19)12-4-3-11(14)10(7-16-2)13(12)15/h3-4,8-9,16-17H,5-7H2,1-2H3. The quantitative estimate of drug-likeness (QED) is 0.871. The van der Waals surface area contributed by atoms with Gasteiger partial charge in [0.25, 0.3) is 0 Å². The SMILES string of the molecule is CNCc1c(F)ccc(S(=O)(=O)NC2CC(C)C2)c1F. The number of halogens is 2. The molecule has 112 valence electrons. The van der Waals surface area contributed by atoms with Crippen molar-refractivity contribution >= 4 is 10.0 Å². The van der Waals surface area contributed by atoms with Crippen molar-refractivity contribution in [1.82, 2.24) is 10.0 Å². The summed E-state index contributed by atoms with van der Waals surface area (Å²) < 4.78 is 54.4. The van der Waals surface area contributed by atoms with E-state index in [2.05, 4.69) is 10.0 Å². The normalized spacial score (nSPS) is 22.6. The molecule has 2 N–H and O–H groups in total. The van der Waals surface area contributed by atoms with Crippen molar-refractivity contribution in [1.29, 1.82) is 0 Å². The molecule has 7 heteroatoms. The summed E-state index contributed by atoms with van der Waals surface area (Å²) in [6.07, 6.45) is 1.48. The minimum Gasteiger partial charge on any atom is -0.315 e. The Morgan fingerprint density at radius 2 is 1.95 bits per heavy atom. The minimum atomic E-state index is -3.95. The van der Waals surface area contributed by atoms with Gasteiger partial charge in [-0.05, 0) is 37.9 Å². The zero-order valence-electron chi connectivity index (χ0n) is 11.4. The third kappa shape index (κ3) is 2.99. The van der Waals surface area contributed by atoms with Crippen LogP contribution in [0.2, 0.25) is 0 Å². The molecule has 1 aromatic carbocycles. The number of benzene rings is 1. The van der Waals surface area contributed by atoms with Crippen LogP contribution in [0.1, 0.15) is 25.3 Å². The molecule has 0 heterocycles. The second-order valence-electron chi connectivity index (χ2n) is 5.26. The number of nitrogens with one attached hydrogen (secondary N) is 2. The zero-order chi connectivity index (χ0) is 14.9. The van der Waals surface area contributed by atoms with Crippen LogP contribution in [0.25, 0.3) is 0 Å². The summed E-state index contributed by atoms with van der Waals surface area (Å²) in [5.74, 6) is -1.31. The average molecular weight is 304 g/mol. The fourth-order valence-electron chi connectivity index (χ4n) is 2.40. The van der Waals surface area contributed by atoms with E-state index >= 15 is 0 Å². The van der Waals surface area contributed by atoms with Gasteiger partial charge in [0, 0.05) is 18.2 Å². The molecule has 0 bridgehead atoms. The minimum absolute atomic E-state index is 0.0680. The monoisotopic (exact) mass is 304 g/mol. The summed E-state index contributed by atoms with van der Waals surface area (Å²) in [6, 6.07) is 1.79. The predicted octanol–water partition coefficient (Wildman–Crippen LogP) is 1.76.